The fourth-order valence-corrected chi connectivity index (χ4v) is 3.72. The number of nitrogens with one attached hydrogen (secondary N) is 1. The lowest BCUT2D eigenvalue weighted by Crippen LogP contribution is -2.29. The van der Waals surface area contributed by atoms with Crippen molar-refractivity contribution in [3.05, 3.63) is 35.4 Å². The second-order valence-corrected chi connectivity index (χ2v) is 6.32. The van der Waals surface area contributed by atoms with Crippen LogP contribution in [0.15, 0.2) is 24.3 Å². The fraction of sp³-hybridized carbons (Fsp3) is 0.450. The SMILES string of the molecule is CCCC(=O)NCC1CCc2c(OC)ccc3ccc(OC)c1c23. The standard InChI is InChI=1S/C20H25NO3/c1-4-5-18(22)21-12-14-6-9-15-16(23-2)10-7-13-8-11-17(24-3)20(14)19(13)15/h7-8,10-11,14H,4-6,9,12H2,1-3H3,(H,21,22). The van der Waals surface area contributed by atoms with Gasteiger partial charge in [-0.25, -0.2) is 0 Å². The Kier molecular flexibility index (Phi) is 4.93. The van der Waals surface area contributed by atoms with Crippen molar-refractivity contribution in [3.8, 4) is 11.5 Å². The quantitative estimate of drug-likeness (QED) is 0.878. The third-order valence-corrected chi connectivity index (χ3v) is 4.86. The van der Waals surface area contributed by atoms with Gasteiger partial charge in [-0.1, -0.05) is 19.1 Å². The lowest BCUT2D eigenvalue weighted by Gasteiger charge is -2.29. The molecule has 128 valence electrons. The highest BCUT2D eigenvalue weighted by Crippen LogP contribution is 2.44. The lowest BCUT2D eigenvalue weighted by atomic mass is 9.80. The Labute approximate surface area is 143 Å². The minimum absolute atomic E-state index is 0.125. The van der Waals surface area contributed by atoms with E-state index in [1.54, 1.807) is 14.2 Å². The van der Waals surface area contributed by atoms with Gasteiger partial charge in [-0.05, 0) is 42.2 Å². The molecule has 1 N–H and O–H groups in total. The summed E-state index contributed by atoms with van der Waals surface area (Å²) in [6.45, 7) is 2.68. The molecule has 0 aliphatic heterocycles. The molecule has 4 heteroatoms. The normalized spacial score (nSPS) is 16.0. The molecule has 4 nitrogen and oxygen atoms in total. The van der Waals surface area contributed by atoms with Crippen LogP contribution in [0.3, 0.4) is 0 Å². The predicted molar refractivity (Wildman–Crippen MR) is 96.0 cm³/mol. The zero-order chi connectivity index (χ0) is 17.1. The summed E-state index contributed by atoms with van der Waals surface area (Å²) < 4.78 is 11.2. The molecule has 1 aliphatic rings. The van der Waals surface area contributed by atoms with E-state index in [0.29, 0.717) is 13.0 Å². The number of hydrogen-bond donors (Lipinski definition) is 1. The van der Waals surface area contributed by atoms with Crippen LogP contribution in [0.4, 0.5) is 0 Å². The Bertz CT molecular complexity index is 749. The van der Waals surface area contributed by atoms with Gasteiger partial charge in [0.25, 0.3) is 0 Å². The van der Waals surface area contributed by atoms with E-state index in [4.69, 9.17) is 9.47 Å². The largest absolute Gasteiger partial charge is 0.496 e. The summed E-state index contributed by atoms with van der Waals surface area (Å²) in [4.78, 5) is 11.9. The van der Waals surface area contributed by atoms with Crippen LogP contribution in [-0.4, -0.2) is 26.7 Å². The fourth-order valence-electron chi connectivity index (χ4n) is 3.72. The van der Waals surface area contributed by atoms with E-state index in [9.17, 15) is 4.79 Å². The van der Waals surface area contributed by atoms with Crippen LogP contribution in [-0.2, 0) is 11.2 Å². The minimum Gasteiger partial charge on any atom is -0.496 e. The number of carbonyl (C=O) groups excluding carboxylic acids is 1. The van der Waals surface area contributed by atoms with Crippen LogP contribution in [0.1, 0.15) is 43.2 Å². The number of ether oxygens (including phenoxy) is 2. The van der Waals surface area contributed by atoms with E-state index in [-0.39, 0.29) is 11.8 Å². The van der Waals surface area contributed by atoms with Gasteiger partial charge in [0.05, 0.1) is 14.2 Å². The molecule has 2 aromatic rings. The van der Waals surface area contributed by atoms with Crippen LogP contribution >= 0.6 is 0 Å². The highest BCUT2D eigenvalue weighted by atomic mass is 16.5. The molecule has 1 atom stereocenters. The Hall–Kier alpha value is -2.23. The van der Waals surface area contributed by atoms with E-state index in [2.05, 4.69) is 17.4 Å². The van der Waals surface area contributed by atoms with Gasteiger partial charge in [0.1, 0.15) is 11.5 Å². The number of hydrogen-bond acceptors (Lipinski definition) is 3. The van der Waals surface area contributed by atoms with E-state index >= 15 is 0 Å². The molecule has 0 heterocycles. The lowest BCUT2D eigenvalue weighted by molar-refractivity contribution is -0.121. The van der Waals surface area contributed by atoms with Crippen molar-refractivity contribution in [1.29, 1.82) is 0 Å². The first kappa shape index (κ1) is 16.6. The van der Waals surface area contributed by atoms with Crippen molar-refractivity contribution < 1.29 is 14.3 Å². The highest BCUT2D eigenvalue weighted by Gasteiger charge is 2.27. The summed E-state index contributed by atoms with van der Waals surface area (Å²) in [5.41, 5.74) is 2.45. The maximum Gasteiger partial charge on any atom is 0.220 e. The summed E-state index contributed by atoms with van der Waals surface area (Å²) in [5, 5.41) is 5.51. The first-order chi connectivity index (χ1) is 11.7. The van der Waals surface area contributed by atoms with E-state index < -0.39 is 0 Å². The Morgan fingerprint density at radius 1 is 1.17 bits per heavy atom. The van der Waals surface area contributed by atoms with Gasteiger partial charge in [0.15, 0.2) is 0 Å². The number of amides is 1. The zero-order valence-corrected chi connectivity index (χ0v) is 14.6. The van der Waals surface area contributed by atoms with Crippen molar-refractivity contribution in [2.45, 2.75) is 38.5 Å². The van der Waals surface area contributed by atoms with Gasteiger partial charge < -0.3 is 14.8 Å². The number of aryl methyl sites for hydroxylation is 1. The third kappa shape index (κ3) is 2.93. The van der Waals surface area contributed by atoms with Crippen molar-refractivity contribution in [2.75, 3.05) is 20.8 Å². The summed E-state index contributed by atoms with van der Waals surface area (Å²) >= 11 is 0. The predicted octanol–water partition coefficient (Wildman–Crippen LogP) is 3.80. The summed E-state index contributed by atoms with van der Waals surface area (Å²) in [6.07, 6.45) is 3.39. The Morgan fingerprint density at radius 2 is 1.88 bits per heavy atom. The molecule has 0 fully saturated rings. The summed E-state index contributed by atoms with van der Waals surface area (Å²) in [6, 6.07) is 8.26. The molecule has 1 unspecified atom stereocenters. The van der Waals surface area contributed by atoms with Crippen molar-refractivity contribution in [1.82, 2.24) is 5.32 Å². The van der Waals surface area contributed by atoms with Crippen LogP contribution < -0.4 is 14.8 Å². The molecule has 2 aromatic carbocycles. The average molecular weight is 327 g/mol. The summed E-state index contributed by atoms with van der Waals surface area (Å²) in [7, 11) is 3.42. The zero-order valence-electron chi connectivity index (χ0n) is 14.6. The third-order valence-electron chi connectivity index (χ3n) is 4.86. The van der Waals surface area contributed by atoms with E-state index in [0.717, 1.165) is 30.8 Å². The molecule has 0 spiro atoms. The van der Waals surface area contributed by atoms with Gasteiger partial charge in [-0.3, -0.25) is 4.79 Å². The molecule has 0 bridgehead atoms. The molecule has 1 aliphatic carbocycles. The maximum absolute atomic E-state index is 11.9. The molecule has 0 aromatic heterocycles. The Morgan fingerprint density at radius 3 is 2.54 bits per heavy atom. The summed E-state index contributed by atoms with van der Waals surface area (Å²) in [5.74, 6) is 2.22. The number of rotatable bonds is 6. The van der Waals surface area contributed by atoms with Gasteiger partial charge in [-0.2, -0.15) is 0 Å². The first-order valence-corrected chi connectivity index (χ1v) is 8.62. The molecule has 0 saturated carbocycles. The number of methoxy groups -OCH3 is 2. The molecule has 3 rings (SSSR count). The van der Waals surface area contributed by atoms with Crippen LogP contribution in [0.5, 0.6) is 11.5 Å². The van der Waals surface area contributed by atoms with Crippen molar-refractivity contribution in [3.63, 3.8) is 0 Å². The van der Waals surface area contributed by atoms with Crippen LogP contribution in [0.25, 0.3) is 10.8 Å². The molecule has 0 saturated heterocycles. The van der Waals surface area contributed by atoms with E-state index in [1.807, 2.05) is 19.1 Å². The second-order valence-electron chi connectivity index (χ2n) is 6.32. The van der Waals surface area contributed by atoms with Gasteiger partial charge in [-0.15, -0.1) is 0 Å². The average Bonchev–Trinajstić information content (AvgIpc) is 2.61. The molecular formula is C20H25NO3. The van der Waals surface area contributed by atoms with Gasteiger partial charge in [0.2, 0.25) is 5.91 Å². The molecule has 24 heavy (non-hydrogen) atoms. The topological polar surface area (TPSA) is 47.6 Å². The maximum atomic E-state index is 11.9. The molecule has 0 radical (unpaired) electrons. The van der Waals surface area contributed by atoms with E-state index in [1.165, 1.54) is 21.9 Å². The number of carbonyl (C=O) groups is 1. The van der Waals surface area contributed by atoms with Crippen molar-refractivity contribution >= 4 is 16.7 Å². The van der Waals surface area contributed by atoms with Crippen LogP contribution in [0, 0.1) is 0 Å². The second kappa shape index (κ2) is 7.12. The van der Waals surface area contributed by atoms with Crippen LogP contribution in [0.2, 0.25) is 0 Å². The molecule has 1 amide bonds. The van der Waals surface area contributed by atoms with Gasteiger partial charge >= 0.3 is 0 Å². The minimum atomic E-state index is 0.125. The molecular weight excluding hydrogens is 302 g/mol. The number of benzene rings is 2. The first-order valence-electron chi connectivity index (χ1n) is 8.62. The van der Waals surface area contributed by atoms with Crippen molar-refractivity contribution in [2.24, 2.45) is 0 Å². The Balaban J connectivity index is 2.03. The van der Waals surface area contributed by atoms with Gasteiger partial charge in [0, 0.05) is 30.0 Å². The highest BCUT2D eigenvalue weighted by molar-refractivity contribution is 5.94. The monoisotopic (exact) mass is 327 g/mol. The smallest absolute Gasteiger partial charge is 0.220 e.